The lowest BCUT2D eigenvalue weighted by atomic mass is 9.55. The van der Waals surface area contributed by atoms with Gasteiger partial charge in [-0.05, 0) is 87.7 Å². The number of nitrogens with zero attached hydrogens (tertiary/aromatic N) is 1. The number of amides is 1. The normalized spacial score (nSPS) is 28.6. The van der Waals surface area contributed by atoms with Gasteiger partial charge in [0.1, 0.15) is 11.5 Å². The second-order valence-electron chi connectivity index (χ2n) is 10.9. The molecule has 5 rings (SSSR count). The van der Waals surface area contributed by atoms with Crippen molar-refractivity contribution in [2.45, 2.75) is 69.4 Å². The van der Waals surface area contributed by atoms with E-state index in [9.17, 15) is 14.7 Å². The monoisotopic (exact) mass is 492 g/mol. The first-order valence-electron chi connectivity index (χ1n) is 13.0. The summed E-state index contributed by atoms with van der Waals surface area (Å²) in [6, 6.07) is 9.35. The Kier molecular flexibility index (Phi) is 6.79. The maximum Gasteiger partial charge on any atom is 0.308 e. The minimum atomic E-state index is -0.917. The van der Waals surface area contributed by atoms with Crippen LogP contribution in [0.5, 0.6) is 5.75 Å². The summed E-state index contributed by atoms with van der Waals surface area (Å²) in [7, 11) is 0. The molecule has 1 aromatic carbocycles. The van der Waals surface area contributed by atoms with Gasteiger partial charge in [0.25, 0.3) is 0 Å². The summed E-state index contributed by atoms with van der Waals surface area (Å²) in [5.74, 6) is 1.50. The molecule has 1 aliphatic heterocycles. The molecule has 3 aliphatic rings. The summed E-state index contributed by atoms with van der Waals surface area (Å²) in [6.45, 7) is 5.83. The highest BCUT2D eigenvalue weighted by atomic mass is 16.5. The minimum absolute atomic E-state index is 0.0692. The lowest BCUT2D eigenvalue weighted by Crippen LogP contribution is -2.67. The Labute approximate surface area is 212 Å². The van der Waals surface area contributed by atoms with Gasteiger partial charge in [-0.2, -0.15) is 0 Å². The van der Waals surface area contributed by atoms with Gasteiger partial charge >= 0.3 is 5.97 Å². The molecule has 0 bridgehead atoms. The summed E-state index contributed by atoms with van der Waals surface area (Å²) in [5.41, 5.74) is 0.396. The van der Waals surface area contributed by atoms with E-state index >= 15 is 0 Å². The highest BCUT2D eigenvalue weighted by Gasteiger charge is 2.57. The molecule has 1 aromatic heterocycles. The van der Waals surface area contributed by atoms with Crippen LogP contribution in [0.2, 0.25) is 0 Å². The number of furan rings is 1. The van der Waals surface area contributed by atoms with Crippen molar-refractivity contribution in [2.75, 3.05) is 19.6 Å². The number of rotatable bonds is 7. The quantitative estimate of drug-likeness (QED) is 0.345. The van der Waals surface area contributed by atoms with Gasteiger partial charge in [0.05, 0.1) is 11.9 Å². The number of fused-ring (bicyclic) bond motifs is 1. The highest BCUT2D eigenvalue weighted by Crippen LogP contribution is 2.52. The fraction of sp³-hybridized carbons (Fsp3) is 0.517. The van der Waals surface area contributed by atoms with Gasteiger partial charge in [0.2, 0.25) is 5.91 Å². The number of ether oxygens (including phenoxy) is 1. The van der Waals surface area contributed by atoms with Crippen molar-refractivity contribution < 1.29 is 23.8 Å². The summed E-state index contributed by atoms with van der Waals surface area (Å²) in [6.07, 6.45) is 10.2. The van der Waals surface area contributed by atoms with Crippen LogP contribution >= 0.6 is 0 Å². The van der Waals surface area contributed by atoms with E-state index in [1.807, 2.05) is 31.2 Å². The molecule has 0 unspecified atom stereocenters. The van der Waals surface area contributed by atoms with Gasteiger partial charge in [0.15, 0.2) is 0 Å². The Balaban J connectivity index is 1.39. The number of hydrogen-bond donors (Lipinski definition) is 2. The van der Waals surface area contributed by atoms with Crippen LogP contribution < -0.4 is 10.1 Å². The third-order valence-corrected chi connectivity index (χ3v) is 8.25. The van der Waals surface area contributed by atoms with Crippen LogP contribution in [0.15, 0.2) is 47.1 Å². The first-order chi connectivity index (χ1) is 17.3. The van der Waals surface area contributed by atoms with E-state index in [0.29, 0.717) is 31.6 Å². The second-order valence-corrected chi connectivity index (χ2v) is 10.9. The maximum absolute atomic E-state index is 12.8. The number of carbonyl (C=O) groups is 2. The predicted octanol–water partition coefficient (Wildman–Crippen LogP) is 3.98. The molecule has 0 radical (unpaired) electrons. The number of nitrogens with one attached hydrogen (secondary N) is 1. The molecule has 2 saturated carbocycles. The Hall–Kier alpha value is -2.90. The molecular formula is C29H36N2O5. The number of aryl methyl sites for hydroxylation is 1. The van der Waals surface area contributed by atoms with Gasteiger partial charge in [-0.3, -0.25) is 9.59 Å². The molecule has 2 aliphatic carbocycles. The van der Waals surface area contributed by atoms with E-state index in [2.05, 4.69) is 10.2 Å². The van der Waals surface area contributed by atoms with Crippen molar-refractivity contribution in [1.29, 1.82) is 0 Å². The molecule has 0 spiro atoms. The van der Waals surface area contributed by atoms with E-state index in [1.54, 1.807) is 24.5 Å². The van der Waals surface area contributed by atoms with Crippen molar-refractivity contribution in [3.05, 3.63) is 59.6 Å². The van der Waals surface area contributed by atoms with Gasteiger partial charge in [-0.25, -0.2) is 0 Å². The lowest BCUT2D eigenvalue weighted by molar-refractivity contribution is -0.133. The van der Waals surface area contributed by atoms with Crippen LogP contribution in [0.1, 0.15) is 62.3 Å². The van der Waals surface area contributed by atoms with Crippen LogP contribution in [-0.4, -0.2) is 53.2 Å². The molecule has 2 N–H and O–H groups in total. The smallest absolute Gasteiger partial charge is 0.308 e. The van der Waals surface area contributed by atoms with Crippen LogP contribution in [0, 0.1) is 12.8 Å². The largest absolute Gasteiger partial charge is 0.469 e. The van der Waals surface area contributed by atoms with Crippen molar-refractivity contribution in [2.24, 2.45) is 5.92 Å². The third-order valence-electron chi connectivity index (χ3n) is 8.25. The van der Waals surface area contributed by atoms with E-state index < -0.39 is 11.0 Å². The number of β-amino-alcohol motifs (C(OH)–C–C–N with tert-alkyl or cyclic N) is 1. The maximum atomic E-state index is 12.8. The molecule has 2 heterocycles. The Bertz CT molecular complexity index is 1150. The second kappa shape index (κ2) is 9.87. The Morgan fingerprint density at radius 1 is 1.25 bits per heavy atom. The van der Waals surface area contributed by atoms with Crippen molar-refractivity contribution in [3.63, 3.8) is 0 Å². The molecule has 3 atom stereocenters. The Morgan fingerprint density at radius 2 is 2.08 bits per heavy atom. The lowest BCUT2D eigenvalue weighted by Gasteiger charge is -2.58. The number of aliphatic hydroxyl groups is 1. The third kappa shape index (κ3) is 5.13. The number of carbonyl (C=O) groups excluding carboxylic acids is 2. The summed E-state index contributed by atoms with van der Waals surface area (Å²) in [4.78, 5) is 26.8. The molecule has 1 saturated heterocycles. The fourth-order valence-corrected chi connectivity index (χ4v) is 6.21. The number of piperidine rings is 1. The summed E-state index contributed by atoms with van der Waals surface area (Å²) in [5, 5.41) is 15.4. The molecule has 2 aromatic rings. The van der Waals surface area contributed by atoms with Crippen molar-refractivity contribution >= 4 is 18.0 Å². The van der Waals surface area contributed by atoms with Crippen LogP contribution in [-0.2, 0) is 15.0 Å². The van der Waals surface area contributed by atoms with Crippen molar-refractivity contribution in [1.82, 2.24) is 10.2 Å². The van der Waals surface area contributed by atoms with Crippen LogP contribution in [0.4, 0.5) is 0 Å². The average Bonchev–Trinajstić information content (AvgIpc) is 3.55. The van der Waals surface area contributed by atoms with Gasteiger partial charge < -0.3 is 24.5 Å². The van der Waals surface area contributed by atoms with Crippen LogP contribution in [0.25, 0.3) is 6.08 Å². The van der Waals surface area contributed by atoms with E-state index in [1.165, 1.54) is 19.8 Å². The predicted molar refractivity (Wildman–Crippen MR) is 136 cm³/mol. The molecule has 36 heavy (non-hydrogen) atoms. The molecule has 1 amide bonds. The first kappa shape index (κ1) is 24.8. The Morgan fingerprint density at radius 3 is 2.81 bits per heavy atom. The molecule has 7 nitrogen and oxygen atoms in total. The average molecular weight is 493 g/mol. The number of likely N-dealkylation sites (tertiary alicyclic amines) is 1. The summed E-state index contributed by atoms with van der Waals surface area (Å²) < 4.78 is 10.7. The van der Waals surface area contributed by atoms with Crippen molar-refractivity contribution in [3.8, 4) is 5.75 Å². The highest BCUT2D eigenvalue weighted by molar-refractivity contribution is 5.92. The van der Waals surface area contributed by atoms with Gasteiger partial charge in [-0.15, -0.1) is 0 Å². The van der Waals surface area contributed by atoms with E-state index in [0.717, 1.165) is 42.3 Å². The van der Waals surface area contributed by atoms with E-state index in [4.69, 9.17) is 9.15 Å². The number of hydrogen-bond acceptors (Lipinski definition) is 6. The standard InChI is InChI=1S/C29H36N2O5/c1-20-23(11-15-35-20)8-9-27(33)30-25-10-12-29(34)19-31(18-22-6-7-22)14-13-28(29,17-25)24-4-3-5-26(16-24)36-21(2)32/h3-5,8-9,11,15-16,22,25,34H,6-7,10,12-14,17-19H2,1-2H3,(H,30,33)/b9-8+/t25-,28-,29-/m0/s1. The fourth-order valence-electron chi connectivity index (χ4n) is 6.21. The van der Waals surface area contributed by atoms with Gasteiger partial charge in [-0.1, -0.05) is 12.1 Å². The first-order valence-corrected chi connectivity index (χ1v) is 13.0. The number of esters is 1. The topological polar surface area (TPSA) is 92.0 Å². The summed E-state index contributed by atoms with van der Waals surface area (Å²) >= 11 is 0. The van der Waals surface area contributed by atoms with E-state index in [-0.39, 0.29) is 17.9 Å². The molecule has 7 heteroatoms. The minimum Gasteiger partial charge on any atom is -0.469 e. The zero-order valence-corrected chi connectivity index (χ0v) is 21.2. The van der Waals surface area contributed by atoms with Crippen LogP contribution in [0.3, 0.4) is 0 Å². The SMILES string of the molecule is CC(=O)Oc1cccc([C@@]23CCN(CC4CC4)C[C@@]2(O)CC[C@H](NC(=O)/C=C/c2ccoc2C)C3)c1. The molecular weight excluding hydrogens is 456 g/mol. The van der Waals surface area contributed by atoms with Gasteiger partial charge in [0, 0.05) is 43.1 Å². The zero-order chi connectivity index (χ0) is 25.3. The molecule has 192 valence electrons. The molecule has 3 fully saturated rings. The number of benzene rings is 1. The zero-order valence-electron chi connectivity index (χ0n) is 21.2.